The van der Waals surface area contributed by atoms with E-state index >= 15 is 0 Å². The fourth-order valence-corrected chi connectivity index (χ4v) is 3.59. The van der Waals surface area contributed by atoms with Crippen molar-refractivity contribution in [3.05, 3.63) is 29.3 Å². The van der Waals surface area contributed by atoms with E-state index in [4.69, 9.17) is 10.5 Å². The van der Waals surface area contributed by atoms with Crippen molar-refractivity contribution >= 4 is 11.8 Å². The molecule has 0 amide bonds. The van der Waals surface area contributed by atoms with Gasteiger partial charge < -0.3 is 10.5 Å². The molecule has 2 unspecified atom stereocenters. The Kier molecular flexibility index (Phi) is 2.82. The average molecular weight is 235 g/mol. The zero-order chi connectivity index (χ0) is 11.0. The molecule has 2 N–H and O–H groups in total. The maximum absolute atomic E-state index is 6.02. The first-order chi connectivity index (χ1) is 7.83. The number of fused-ring (bicyclic) bond motifs is 1. The van der Waals surface area contributed by atoms with E-state index in [0.717, 1.165) is 24.3 Å². The third kappa shape index (κ3) is 1.94. The molecule has 2 atom stereocenters. The Morgan fingerprint density at radius 3 is 3.06 bits per heavy atom. The summed E-state index contributed by atoms with van der Waals surface area (Å²) in [5.74, 6) is 3.40. The maximum Gasteiger partial charge on any atom is 0.120 e. The van der Waals surface area contributed by atoms with Gasteiger partial charge in [0.1, 0.15) is 11.9 Å². The van der Waals surface area contributed by atoms with Crippen LogP contribution in [-0.2, 0) is 6.42 Å². The van der Waals surface area contributed by atoms with Crippen molar-refractivity contribution in [2.24, 2.45) is 5.73 Å². The lowest BCUT2D eigenvalue weighted by Crippen LogP contribution is -2.14. The highest BCUT2D eigenvalue weighted by Gasteiger charge is 2.21. The van der Waals surface area contributed by atoms with E-state index in [2.05, 4.69) is 18.2 Å². The van der Waals surface area contributed by atoms with Crippen LogP contribution < -0.4 is 10.5 Å². The normalized spacial score (nSPS) is 28.1. The molecule has 2 nitrogen and oxygen atoms in total. The highest BCUT2D eigenvalue weighted by Crippen LogP contribution is 2.33. The molecule has 0 spiro atoms. The molecular formula is C13H17NOS. The molecule has 1 saturated heterocycles. The van der Waals surface area contributed by atoms with Gasteiger partial charge in [-0.25, -0.2) is 0 Å². The van der Waals surface area contributed by atoms with E-state index in [1.807, 2.05) is 11.8 Å². The molecular weight excluding hydrogens is 218 g/mol. The molecule has 16 heavy (non-hydrogen) atoms. The number of rotatable bonds is 2. The second-order valence-electron chi connectivity index (χ2n) is 4.61. The van der Waals surface area contributed by atoms with E-state index in [9.17, 15) is 0 Å². The van der Waals surface area contributed by atoms with Crippen molar-refractivity contribution in [3.63, 3.8) is 0 Å². The van der Waals surface area contributed by atoms with Crippen molar-refractivity contribution < 1.29 is 4.74 Å². The Hall–Kier alpha value is -0.670. The predicted octanol–water partition coefficient (Wildman–Crippen LogP) is 2.52. The van der Waals surface area contributed by atoms with Crippen LogP contribution >= 0.6 is 11.8 Å². The SMILES string of the molecule is NC1CCc2cc(OC3CCSC3)ccc21. The third-order valence-electron chi connectivity index (χ3n) is 3.43. The molecule has 86 valence electrons. The molecule has 1 heterocycles. The minimum Gasteiger partial charge on any atom is -0.490 e. The molecule has 3 heteroatoms. The van der Waals surface area contributed by atoms with Crippen LogP contribution in [0.1, 0.15) is 30.0 Å². The molecule has 0 aromatic heterocycles. The quantitative estimate of drug-likeness (QED) is 0.855. The van der Waals surface area contributed by atoms with Crippen molar-refractivity contribution in [1.29, 1.82) is 0 Å². The lowest BCUT2D eigenvalue weighted by molar-refractivity contribution is 0.229. The second kappa shape index (κ2) is 4.30. The van der Waals surface area contributed by atoms with E-state index in [-0.39, 0.29) is 6.04 Å². The summed E-state index contributed by atoms with van der Waals surface area (Å²) in [5.41, 5.74) is 8.71. The zero-order valence-electron chi connectivity index (χ0n) is 9.32. The van der Waals surface area contributed by atoms with Gasteiger partial charge in [0.2, 0.25) is 0 Å². The van der Waals surface area contributed by atoms with E-state index in [1.165, 1.54) is 23.3 Å². The van der Waals surface area contributed by atoms with Crippen molar-refractivity contribution in [1.82, 2.24) is 0 Å². The zero-order valence-corrected chi connectivity index (χ0v) is 10.1. The van der Waals surface area contributed by atoms with Crippen LogP contribution in [0.5, 0.6) is 5.75 Å². The number of hydrogen-bond donors (Lipinski definition) is 1. The number of ether oxygens (including phenoxy) is 1. The van der Waals surface area contributed by atoms with Gasteiger partial charge >= 0.3 is 0 Å². The smallest absolute Gasteiger partial charge is 0.120 e. The van der Waals surface area contributed by atoms with Crippen LogP contribution in [0, 0.1) is 0 Å². The van der Waals surface area contributed by atoms with Crippen LogP contribution in [-0.4, -0.2) is 17.6 Å². The van der Waals surface area contributed by atoms with Gasteiger partial charge in [0.25, 0.3) is 0 Å². The Morgan fingerprint density at radius 2 is 2.25 bits per heavy atom. The van der Waals surface area contributed by atoms with Gasteiger partial charge in [-0.3, -0.25) is 0 Å². The van der Waals surface area contributed by atoms with Gasteiger partial charge in [0.05, 0.1) is 0 Å². The first kappa shape index (κ1) is 10.5. The highest BCUT2D eigenvalue weighted by molar-refractivity contribution is 7.99. The Balaban J connectivity index is 1.76. The van der Waals surface area contributed by atoms with E-state index in [0.29, 0.717) is 6.10 Å². The molecule has 3 rings (SSSR count). The number of nitrogens with two attached hydrogens (primary N) is 1. The fourth-order valence-electron chi connectivity index (χ4n) is 2.50. The molecule has 1 fully saturated rings. The molecule has 2 aliphatic rings. The van der Waals surface area contributed by atoms with Crippen molar-refractivity contribution in [2.75, 3.05) is 11.5 Å². The molecule has 1 aliphatic carbocycles. The largest absolute Gasteiger partial charge is 0.490 e. The lowest BCUT2D eigenvalue weighted by atomic mass is 10.1. The molecule has 0 radical (unpaired) electrons. The van der Waals surface area contributed by atoms with Crippen molar-refractivity contribution in [2.45, 2.75) is 31.4 Å². The Bertz CT molecular complexity index is 388. The number of thioether (sulfide) groups is 1. The van der Waals surface area contributed by atoms with Crippen LogP contribution in [0.25, 0.3) is 0 Å². The maximum atomic E-state index is 6.02. The van der Waals surface area contributed by atoms with Crippen LogP contribution in [0.15, 0.2) is 18.2 Å². The average Bonchev–Trinajstić information content (AvgIpc) is 2.90. The van der Waals surface area contributed by atoms with Gasteiger partial charge in [-0.05, 0) is 48.3 Å². The highest BCUT2D eigenvalue weighted by atomic mass is 32.2. The number of hydrogen-bond acceptors (Lipinski definition) is 3. The number of benzene rings is 1. The first-order valence-corrected chi connectivity index (χ1v) is 7.11. The predicted molar refractivity (Wildman–Crippen MR) is 68.0 cm³/mol. The summed E-state index contributed by atoms with van der Waals surface area (Å²) in [4.78, 5) is 0. The van der Waals surface area contributed by atoms with E-state index < -0.39 is 0 Å². The standard InChI is InChI=1S/C13H17NOS/c14-13-4-1-9-7-10(2-3-12(9)13)15-11-5-6-16-8-11/h2-3,7,11,13H,1,4-6,8,14H2. The van der Waals surface area contributed by atoms with Gasteiger partial charge in [-0.1, -0.05) is 6.07 Å². The summed E-state index contributed by atoms with van der Waals surface area (Å²) in [6.45, 7) is 0. The Labute approximate surface area is 101 Å². The third-order valence-corrected chi connectivity index (χ3v) is 4.56. The van der Waals surface area contributed by atoms with Crippen molar-refractivity contribution in [3.8, 4) is 5.75 Å². The van der Waals surface area contributed by atoms with Gasteiger partial charge in [-0.15, -0.1) is 0 Å². The van der Waals surface area contributed by atoms with Gasteiger partial charge in [0.15, 0.2) is 0 Å². The first-order valence-electron chi connectivity index (χ1n) is 5.96. The van der Waals surface area contributed by atoms with Crippen LogP contribution in [0.4, 0.5) is 0 Å². The topological polar surface area (TPSA) is 35.2 Å². The summed E-state index contributed by atoms with van der Waals surface area (Å²) in [5, 5.41) is 0. The fraction of sp³-hybridized carbons (Fsp3) is 0.538. The van der Waals surface area contributed by atoms with Crippen LogP contribution in [0.2, 0.25) is 0 Å². The second-order valence-corrected chi connectivity index (χ2v) is 5.76. The molecule has 0 saturated carbocycles. The minimum atomic E-state index is 0.242. The van der Waals surface area contributed by atoms with Gasteiger partial charge in [-0.2, -0.15) is 11.8 Å². The molecule has 1 aromatic carbocycles. The summed E-state index contributed by atoms with van der Waals surface area (Å²) in [6, 6.07) is 6.65. The Morgan fingerprint density at radius 1 is 1.31 bits per heavy atom. The molecule has 0 bridgehead atoms. The van der Waals surface area contributed by atoms with Crippen LogP contribution in [0.3, 0.4) is 0 Å². The number of aryl methyl sites for hydroxylation is 1. The summed E-state index contributed by atoms with van der Waals surface area (Å²) in [7, 11) is 0. The summed E-state index contributed by atoms with van der Waals surface area (Å²) < 4.78 is 5.97. The molecule has 1 aromatic rings. The summed E-state index contributed by atoms with van der Waals surface area (Å²) in [6.07, 6.45) is 3.78. The summed E-state index contributed by atoms with van der Waals surface area (Å²) >= 11 is 1.98. The minimum absolute atomic E-state index is 0.242. The lowest BCUT2D eigenvalue weighted by Gasteiger charge is -2.13. The molecule has 1 aliphatic heterocycles. The monoisotopic (exact) mass is 235 g/mol. The van der Waals surface area contributed by atoms with E-state index in [1.54, 1.807) is 0 Å². The van der Waals surface area contributed by atoms with Gasteiger partial charge in [0, 0.05) is 11.8 Å².